The van der Waals surface area contributed by atoms with Crippen LogP contribution in [0.5, 0.6) is 0 Å². The van der Waals surface area contributed by atoms with E-state index in [4.69, 9.17) is 33.9 Å². The first kappa shape index (κ1) is 52.8. The molecule has 0 rings (SSSR count). The second kappa shape index (κ2) is 28.8. The van der Waals surface area contributed by atoms with Crippen molar-refractivity contribution in [3.05, 3.63) is 0 Å². The van der Waals surface area contributed by atoms with Gasteiger partial charge in [0, 0.05) is 26.1 Å². The minimum atomic E-state index is -1.23. The Kier molecular flexibility index (Phi) is 30.4. The molecule has 4 N–H and O–H groups in total. The fourth-order valence-electron chi connectivity index (χ4n) is 2.84. The molecule has 0 aliphatic heterocycles. The second-order valence-electron chi connectivity index (χ2n) is 10.2. The van der Waals surface area contributed by atoms with Crippen molar-refractivity contribution in [1.82, 2.24) is 0 Å². The summed E-state index contributed by atoms with van der Waals surface area (Å²) in [6, 6.07) is 0. The number of ether oxygens (including phenoxy) is 7. The molecule has 8 atom stereocenters. The standard InChI is InChI=1S/C16H26O8.C8H14O5.C8H14O4.H2O/c1-7-13(17)9(3)22-15(19)11(5)24-16(20)12(6)23-14(18)10(4)21-8-2;1-4-12-6(3)8(11)13-5(2)7(9)10;1-4-7(10)6(3)12-8(11)5(2)9;/h9-12H,7-8H2,1-6H3;5-6H,4H2,1-3H3,(H,9,10);5-6,9H,4H2,1-3H3;1H2/t9-,10+,11+,12-;2*5-,6+;/m110./s1. The van der Waals surface area contributed by atoms with E-state index in [1.165, 1.54) is 55.4 Å². The highest BCUT2D eigenvalue weighted by Crippen LogP contribution is 2.07. The van der Waals surface area contributed by atoms with Crippen LogP contribution in [0.15, 0.2) is 0 Å². The van der Waals surface area contributed by atoms with E-state index in [9.17, 15) is 38.4 Å². The van der Waals surface area contributed by atoms with Gasteiger partial charge in [-0.05, 0) is 69.2 Å². The topological polar surface area (TPSA) is 273 Å². The van der Waals surface area contributed by atoms with E-state index in [1.54, 1.807) is 27.7 Å². The Bertz CT molecular complexity index is 1070. The summed E-state index contributed by atoms with van der Waals surface area (Å²) in [4.78, 5) is 89.6. The highest BCUT2D eigenvalue weighted by Gasteiger charge is 2.29. The Hall–Kier alpha value is -4.00. The SMILES string of the molecule is CCC(=O)[C@@H](C)OC(=O)[C@H](C)O.CCO[C@@H](C)C(=O)O[C@H](C)C(=O)O.CCO[C@@H](C)C(=O)O[C@H](C)C(=O)O[C@@H](C)C(=O)O[C@H](C)C(=O)CC.O. The number of carboxylic acid groups (broad SMARTS) is 1. The molecule has 0 fully saturated rings. The molecule has 0 unspecified atom stereocenters. The van der Waals surface area contributed by atoms with E-state index in [-0.39, 0.29) is 23.5 Å². The second-order valence-corrected chi connectivity index (χ2v) is 10.2. The van der Waals surface area contributed by atoms with Gasteiger partial charge in [-0.25, -0.2) is 28.8 Å². The van der Waals surface area contributed by atoms with E-state index in [0.29, 0.717) is 19.6 Å². The number of carbonyl (C=O) groups excluding carboxylic acids is 7. The van der Waals surface area contributed by atoms with Crippen LogP contribution in [0.2, 0.25) is 0 Å². The molecule has 50 heavy (non-hydrogen) atoms. The summed E-state index contributed by atoms with van der Waals surface area (Å²) in [7, 11) is 0. The third kappa shape index (κ3) is 24.2. The van der Waals surface area contributed by atoms with Crippen molar-refractivity contribution in [1.29, 1.82) is 0 Å². The summed E-state index contributed by atoms with van der Waals surface area (Å²) in [5, 5.41) is 17.2. The molecule has 0 bridgehead atoms. The van der Waals surface area contributed by atoms with Gasteiger partial charge in [-0.3, -0.25) is 9.59 Å². The van der Waals surface area contributed by atoms with Crippen LogP contribution < -0.4 is 0 Å². The Morgan fingerprint density at radius 2 is 0.700 bits per heavy atom. The van der Waals surface area contributed by atoms with Crippen molar-refractivity contribution in [3.63, 3.8) is 0 Å². The van der Waals surface area contributed by atoms with Gasteiger partial charge in [0.15, 0.2) is 54.3 Å². The normalized spacial score (nSPS) is 14.9. The highest BCUT2D eigenvalue weighted by atomic mass is 16.6. The Morgan fingerprint density at radius 3 is 0.960 bits per heavy atom. The summed E-state index contributed by atoms with van der Waals surface area (Å²) < 4.78 is 33.8. The summed E-state index contributed by atoms with van der Waals surface area (Å²) >= 11 is 0. The van der Waals surface area contributed by atoms with Crippen LogP contribution in [-0.4, -0.2) is 125 Å². The zero-order chi connectivity index (χ0) is 39.0. The fourth-order valence-corrected chi connectivity index (χ4v) is 2.84. The molecular formula is C32H56O18. The first-order valence-corrected chi connectivity index (χ1v) is 15.8. The van der Waals surface area contributed by atoms with Crippen LogP contribution >= 0.6 is 0 Å². The average molecular weight is 729 g/mol. The van der Waals surface area contributed by atoms with Gasteiger partial charge < -0.3 is 48.8 Å². The lowest BCUT2D eigenvalue weighted by Crippen LogP contribution is -2.37. The maximum absolute atomic E-state index is 11.8. The number of carboxylic acids is 1. The predicted octanol–water partition coefficient (Wildman–Crippen LogP) is 1.07. The third-order valence-corrected chi connectivity index (χ3v) is 5.92. The molecule has 0 amide bonds. The number of aliphatic hydroxyl groups excluding tert-OH is 1. The van der Waals surface area contributed by atoms with E-state index in [2.05, 4.69) is 9.47 Å². The van der Waals surface area contributed by atoms with Crippen molar-refractivity contribution < 1.29 is 87.2 Å². The number of Topliss-reactive ketones (excluding diaryl/α,β-unsaturated/α-hetero) is 2. The molecule has 18 nitrogen and oxygen atoms in total. The number of rotatable bonds is 19. The van der Waals surface area contributed by atoms with Gasteiger partial charge >= 0.3 is 35.8 Å². The van der Waals surface area contributed by atoms with Gasteiger partial charge in [-0.2, -0.15) is 0 Å². The van der Waals surface area contributed by atoms with Crippen LogP contribution in [0.1, 0.15) is 95.9 Å². The van der Waals surface area contributed by atoms with Gasteiger partial charge in [0.1, 0.15) is 6.10 Å². The average Bonchev–Trinajstić information content (AvgIpc) is 3.03. The Morgan fingerprint density at radius 1 is 0.440 bits per heavy atom. The van der Waals surface area contributed by atoms with Crippen LogP contribution in [0.25, 0.3) is 0 Å². The maximum atomic E-state index is 11.8. The van der Waals surface area contributed by atoms with Crippen molar-refractivity contribution in [3.8, 4) is 0 Å². The Balaban J connectivity index is -0.000000345. The summed E-state index contributed by atoms with van der Waals surface area (Å²) in [5.74, 6) is -5.43. The minimum Gasteiger partial charge on any atom is -0.479 e. The number of carbonyl (C=O) groups is 8. The lowest BCUT2D eigenvalue weighted by Gasteiger charge is -2.19. The number of hydrogen-bond donors (Lipinski definition) is 2. The molecule has 18 heteroatoms. The minimum absolute atomic E-state index is 0. The molecule has 0 aliphatic rings. The number of ketones is 2. The molecule has 0 saturated heterocycles. The number of aliphatic carboxylic acids is 1. The summed E-state index contributed by atoms with van der Waals surface area (Å²) in [6.45, 7) is 18.7. The number of aliphatic hydroxyl groups is 1. The van der Waals surface area contributed by atoms with Crippen molar-refractivity contribution in [2.45, 2.75) is 145 Å². The molecule has 0 radical (unpaired) electrons. The maximum Gasteiger partial charge on any atom is 0.347 e. The first-order valence-electron chi connectivity index (χ1n) is 15.8. The Labute approximate surface area is 292 Å². The van der Waals surface area contributed by atoms with Gasteiger partial charge in [0.2, 0.25) is 0 Å². The molecule has 0 spiro atoms. The van der Waals surface area contributed by atoms with E-state index < -0.39 is 84.6 Å². The van der Waals surface area contributed by atoms with E-state index >= 15 is 0 Å². The lowest BCUT2D eigenvalue weighted by molar-refractivity contribution is -0.181. The predicted molar refractivity (Wildman–Crippen MR) is 173 cm³/mol. The monoisotopic (exact) mass is 728 g/mol. The van der Waals surface area contributed by atoms with Crippen molar-refractivity contribution in [2.24, 2.45) is 0 Å². The van der Waals surface area contributed by atoms with Crippen LogP contribution in [0.4, 0.5) is 0 Å². The van der Waals surface area contributed by atoms with Crippen molar-refractivity contribution >= 4 is 47.4 Å². The van der Waals surface area contributed by atoms with E-state index in [0.717, 1.165) is 0 Å². The van der Waals surface area contributed by atoms with Crippen LogP contribution in [-0.2, 0) is 71.5 Å². The van der Waals surface area contributed by atoms with Gasteiger partial charge in [0.05, 0.1) is 0 Å². The molecule has 0 aromatic heterocycles. The molecule has 292 valence electrons. The first-order chi connectivity index (χ1) is 22.6. The molecular weight excluding hydrogens is 672 g/mol. The van der Waals surface area contributed by atoms with Crippen LogP contribution in [0.3, 0.4) is 0 Å². The third-order valence-electron chi connectivity index (χ3n) is 5.92. The highest BCUT2D eigenvalue weighted by molar-refractivity contribution is 5.87. The molecule has 0 aromatic carbocycles. The number of esters is 5. The number of hydrogen-bond acceptors (Lipinski definition) is 16. The van der Waals surface area contributed by atoms with E-state index in [1.807, 2.05) is 0 Å². The molecule has 0 saturated carbocycles. The summed E-state index contributed by atoms with van der Waals surface area (Å²) in [5.41, 5.74) is 0. The zero-order valence-corrected chi connectivity index (χ0v) is 31.0. The van der Waals surface area contributed by atoms with Gasteiger partial charge in [-0.1, -0.05) is 13.8 Å². The molecule has 0 heterocycles. The smallest absolute Gasteiger partial charge is 0.347 e. The quantitative estimate of drug-likeness (QED) is 0.139. The molecule has 0 aromatic rings. The zero-order valence-electron chi connectivity index (χ0n) is 31.0. The van der Waals surface area contributed by atoms with Gasteiger partial charge in [-0.15, -0.1) is 0 Å². The lowest BCUT2D eigenvalue weighted by atomic mass is 10.2. The van der Waals surface area contributed by atoms with Crippen molar-refractivity contribution in [2.75, 3.05) is 13.2 Å². The molecule has 0 aliphatic carbocycles. The summed E-state index contributed by atoms with van der Waals surface area (Å²) in [6.07, 6.45) is -7.36. The van der Waals surface area contributed by atoms with Gasteiger partial charge in [0.25, 0.3) is 0 Å². The largest absolute Gasteiger partial charge is 0.479 e. The van der Waals surface area contributed by atoms with Crippen LogP contribution in [0, 0.1) is 0 Å². The fraction of sp³-hybridized carbons (Fsp3) is 0.750.